The number of nitrogens with zero attached hydrogens (tertiary/aromatic N) is 3. The molecule has 3 aromatic rings. The highest BCUT2D eigenvalue weighted by Gasteiger charge is 2.61. The number of pyridine rings is 1. The molecule has 6 nitrogen and oxygen atoms in total. The Hall–Kier alpha value is -2.41. The SMILES string of the molecule is [B]C1([B])Sc2ccccc2C([B])(N2n3ccc(=O)c(O)c3C(=O)N(C([B])(C([B])([B])[B])C([B])([B])[B])C2([B])[B])c2ccccc21. The number of aromatic hydroxyl groups is 1. The maximum Gasteiger partial charge on any atom is 0.276 e. The van der Waals surface area contributed by atoms with Crippen molar-refractivity contribution in [3.63, 3.8) is 0 Å². The van der Waals surface area contributed by atoms with Crippen molar-refractivity contribution in [2.45, 2.75) is 36.0 Å². The number of fused-ring (bicyclic) bond motifs is 3. The zero-order valence-electron chi connectivity index (χ0n) is 22.7. The number of hydrogen-bond acceptors (Lipinski definition) is 5. The first kappa shape index (κ1) is 32.0. The van der Waals surface area contributed by atoms with E-state index in [2.05, 4.69) is 0 Å². The molecule has 0 aliphatic carbocycles. The fourth-order valence-corrected chi connectivity index (χ4v) is 6.85. The third kappa shape index (κ3) is 4.34. The van der Waals surface area contributed by atoms with Gasteiger partial charge in [-0.15, -0.1) is 22.0 Å². The Morgan fingerprint density at radius 3 is 1.79 bits per heavy atom. The Kier molecular flexibility index (Phi) is 7.29. The van der Waals surface area contributed by atoms with Gasteiger partial charge in [0, 0.05) is 22.6 Å². The second-order valence-electron chi connectivity index (χ2n) is 10.8. The van der Waals surface area contributed by atoms with Gasteiger partial charge < -0.3 is 15.0 Å². The van der Waals surface area contributed by atoms with Crippen LogP contribution in [0.1, 0.15) is 27.2 Å². The number of benzene rings is 2. The van der Waals surface area contributed by atoms with E-state index in [0.29, 0.717) is 20.9 Å². The summed E-state index contributed by atoms with van der Waals surface area (Å²) in [6.45, 7) is 0. The monoisotopic (exact) mass is 553 g/mol. The van der Waals surface area contributed by atoms with Gasteiger partial charge in [-0.2, -0.15) is 0 Å². The average molecular weight is 551 g/mol. The normalized spacial score (nSPS) is 21.3. The summed E-state index contributed by atoms with van der Waals surface area (Å²) in [5.74, 6) is -2.37. The molecule has 2 aliphatic rings. The van der Waals surface area contributed by atoms with Crippen molar-refractivity contribution in [3.8, 4) is 5.75 Å². The smallest absolute Gasteiger partial charge is 0.276 e. The van der Waals surface area contributed by atoms with E-state index in [1.165, 1.54) is 0 Å². The Balaban J connectivity index is 2.00. The van der Waals surface area contributed by atoms with E-state index in [4.69, 9.17) is 94.2 Å². The van der Waals surface area contributed by atoms with Crippen LogP contribution in [0, 0.1) is 0 Å². The van der Waals surface area contributed by atoms with Gasteiger partial charge >= 0.3 is 0 Å². The molecule has 182 valence electrons. The van der Waals surface area contributed by atoms with Crippen LogP contribution >= 0.6 is 11.8 Å². The van der Waals surface area contributed by atoms with Gasteiger partial charge in [0.2, 0.25) is 5.43 Å². The van der Waals surface area contributed by atoms with Crippen LogP contribution in [0.3, 0.4) is 0 Å². The molecule has 5 rings (SSSR count). The van der Waals surface area contributed by atoms with E-state index >= 15 is 0 Å². The molecular formula is C24H11B12N3O3S. The van der Waals surface area contributed by atoms with Crippen LogP contribution in [0.4, 0.5) is 0 Å². The second-order valence-corrected chi connectivity index (χ2v) is 12.1. The summed E-state index contributed by atoms with van der Waals surface area (Å²) < 4.78 is -0.566. The topological polar surface area (TPSA) is 65.8 Å². The summed E-state index contributed by atoms with van der Waals surface area (Å²) in [5.41, 5.74) is -8.50. The number of rotatable bonds is 4. The largest absolute Gasteiger partial charge is 0.502 e. The first-order chi connectivity index (χ1) is 19.6. The quantitative estimate of drug-likeness (QED) is 0.365. The standard InChI is InChI=1S/C24H11B12N3O3S/c25-19(11-5-1-2-6-12(11)20(26,27)43-15-8-4-3-7-13(15)19)39-24(35,36)38(21(28,22(29,30)31)23(32,33)34)18(42)16-17(41)14(40)9-10-37(16)39/h1-10,41H. The van der Waals surface area contributed by atoms with Gasteiger partial charge in [-0.3, -0.25) is 14.3 Å². The minimum atomic E-state index is -2.91. The summed E-state index contributed by atoms with van der Waals surface area (Å²) in [6, 6.07) is 14.3. The summed E-state index contributed by atoms with van der Waals surface area (Å²) in [7, 11) is 77.2. The highest BCUT2D eigenvalue weighted by atomic mass is 32.2. The average Bonchev–Trinajstić information content (AvgIpc) is 2.95. The van der Waals surface area contributed by atoms with Crippen molar-refractivity contribution in [1.29, 1.82) is 0 Å². The van der Waals surface area contributed by atoms with E-state index in [9.17, 15) is 14.7 Å². The highest BCUT2D eigenvalue weighted by Crippen LogP contribution is 2.55. The van der Waals surface area contributed by atoms with E-state index in [0.717, 1.165) is 33.7 Å². The lowest BCUT2D eigenvalue weighted by molar-refractivity contribution is 0.0383. The Labute approximate surface area is 270 Å². The molecule has 19 heteroatoms. The number of thioether (sulfide) groups is 1. The van der Waals surface area contributed by atoms with Crippen LogP contribution in [-0.4, -0.2) is 126 Å². The van der Waals surface area contributed by atoms with Gasteiger partial charge in [-0.05, 0) is 32.7 Å². The van der Waals surface area contributed by atoms with Crippen molar-refractivity contribution >= 4 is 112 Å². The molecule has 0 spiro atoms. The molecule has 1 aromatic heterocycles. The van der Waals surface area contributed by atoms with Crippen LogP contribution in [0.2, 0.25) is 10.2 Å². The first-order valence-corrected chi connectivity index (χ1v) is 13.4. The molecule has 43 heavy (non-hydrogen) atoms. The number of hydrogen-bond donors (Lipinski definition) is 1. The van der Waals surface area contributed by atoms with Crippen molar-refractivity contribution in [2.24, 2.45) is 0 Å². The molecule has 0 bridgehead atoms. The zero-order chi connectivity index (χ0) is 32.1. The number of carbonyl (C=O) groups excluding carboxylic acids is 1. The summed E-state index contributed by atoms with van der Waals surface area (Å²) in [4.78, 5) is 27.8. The summed E-state index contributed by atoms with van der Waals surface area (Å²) in [5, 5.41) is 6.60. The molecule has 1 amide bonds. The van der Waals surface area contributed by atoms with Crippen LogP contribution in [0.25, 0.3) is 0 Å². The van der Waals surface area contributed by atoms with Gasteiger partial charge in [-0.25, -0.2) is 0 Å². The molecule has 0 saturated heterocycles. The van der Waals surface area contributed by atoms with Gasteiger partial charge in [-0.1, -0.05) is 42.5 Å². The molecule has 0 fully saturated rings. The van der Waals surface area contributed by atoms with Crippen molar-refractivity contribution < 1.29 is 9.90 Å². The van der Waals surface area contributed by atoms with Crippen molar-refractivity contribution in [1.82, 2.24) is 9.58 Å². The van der Waals surface area contributed by atoms with Gasteiger partial charge in [0.25, 0.3) is 5.91 Å². The number of carbonyl (C=O) groups is 1. The van der Waals surface area contributed by atoms with E-state index in [1.54, 1.807) is 48.5 Å². The van der Waals surface area contributed by atoms with Crippen LogP contribution in [0.5, 0.6) is 5.75 Å². The summed E-state index contributed by atoms with van der Waals surface area (Å²) in [6.07, 6.45) is 1.12. The van der Waals surface area contributed by atoms with E-state index < -0.39 is 53.9 Å². The Morgan fingerprint density at radius 2 is 1.23 bits per heavy atom. The lowest BCUT2D eigenvalue weighted by atomic mass is 9.17. The molecule has 1 atom stereocenters. The third-order valence-corrected chi connectivity index (χ3v) is 8.85. The van der Waals surface area contributed by atoms with Gasteiger partial charge in [0.1, 0.15) is 23.5 Å². The van der Waals surface area contributed by atoms with E-state index in [1.807, 2.05) is 0 Å². The lowest BCUT2D eigenvalue weighted by Gasteiger charge is -2.71. The first-order valence-electron chi connectivity index (χ1n) is 12.6. The zero-order valence-corrected chi connectivity index (χ0v) is 23.5. The van der Waals surface area contributed by atoms with Gasteiger partial charge in [0.05, 0.1) is 76.1 Å². The molecule has 3 heterocycles. The fraction of sp³-hybridized carbons (Fsp3) is 0.250. The van der Waals surface area contributed by atoms with Crippen LogP contribution in [0.15, 0.2) is 70.5 Å². The van der Waals surface area contributed by atoms with Crippen molar-refractivity contribution in [2.75, 3.05) is 5.01 Å². The van der Waals surface area contributed by atoms with Crippen LogP contribution in [-0.2, 0) is 9.98 Å². The lowest BCUT2D eigenvalue weighted by Crippen LogP contribution is -2.84. The predicted molar refractivity (Wildman–Crippen MR) is 178 cm³/mol. The fourth-order valence-electron chi connectivity index (χ4n) is 5.71. The maximum atomic E-state index is 14.3. The molecule has 0 saturated carbocycles. The van der Waals surface area contributed by atoms with Crippen molar-refractivity contribution in [3.05, 3.63) is 93.4 Å². The molecule has 2 aromatic carbocycles. The minimum absolute atomic E-state index is 0.248. The molecule has 24 radical (unpaired) electrons. The Bertz CT molecular complexity index is 1690. The maximum absolute atomic E-state index is 14.3. The predicted octanol–water partition coefficient (Wildman–Crippen LogP) is -2.46. The highest BCUT2D eigenvalue weighted by molar-refractivity contribution is 8.02. The Morgan fingerprint density at radius 1 is 0.721 bits per heavy atom. The van der Waals surface area contributed by atoms with Gasteiger partial charge in [0.15, 0.2) is 11.4 Å². The number of amides is 1. The summed E-state index contributed by atoms with van der Waals surface area (Å²) >= 11 is 1.08. The molecule has 1 unspecified atom stereocenters. The second kappa shape index (κ2) is 9.79. The van der Waals surface area contributed by atoms with E-state index in [-0.39, 0.29) is 5.56 Å². The minimum Gasteiger partial charge on any atom is -0.502 e. The molecule has 2 aliphatic heterocycles. The third-order valence-electron chi connectivity index (χ3n) is 7.71. The van der Waals surface area contributed by atoms with Crippen LogP contribution < -0.4 is 10.4 Å². The molecule has 1 N–H and O–H groups in total. The molecular weight excluding hydrogens is 540 g/mol. The number of aromatic nitrogens is 1.